The van der Waals surface area contributed by atoms with Crippen LogP contribution < -0.4 is 4.74 Å². The van der Waals surface area contributed by atoms with E-state index in [0.29, 0.717) is 17.0 Å². The Labute approximate surface area is 136 Å². The minimum absolute atomic E-state index is 0.206. The Kier molecular flexibility index (Phi) is 4.96. The molecule has 2 heterocycles. The molecule has 0 unspecified atom stereocenters. The van der Waals surface area contributed by atoms with Gasteiger partial charge in [-0.25, -0.2) is 4.98 Å². The summed E-state index contributed by atoms with van der Waals surface area (Å²) in [5.41, 5.74) is 1.37. The molecule has 1 aromatic carbocycles. The molecule has 1 saturated heterocycles. The fraction of sp³-hybridized carbons (Fsp3) is 0.389. The molecule has 0 radical (unpaired) electrons. The quantitative estimate of drug-likeness (QED) is 0.796. The molecule has 1 aromatic heterocycles. The Balaban J connectivity index is 1.56. The molecule has 0 aliphatic carbocycles. The first-order valence-corrected chi connectivity index (χ1v) is 8.14. The van der Waals surface area contributed by atoms with Gasteiger partial charge in [-0.05, 0) is 18.1 Å². The number of aromatic nitrogens is 1. The minimum atomic E-state index is 0.206. The van der Waals surface area contributed by atoms with Crippen LogP contribution in [0.15, 0.2) is 48.5 Å². The first kappa shape index (κ1) is 15.3. The van der Waals surface area contributed by atoms with Crippen molar-refractivity contribution in [2.45, 2.75) is 26.0 Å². The van der Waals surface area contributed by atoms with Crippen molar-refractivity contribution >= 4 is 11.6 Å². The van der Waals surface area contributed by atoms with Crippen molar-refractivity contribution in [2.75, 3.05) is 13.1 Å². The van der Waals surface area contributed by atoms with Gasteiger partial charge in [0.25, 0.3) is 0 Å². The molecule has 0 amide bonds. The molecule has 0 spiro atoms. The summed E-state index contributed by atoms with van der Waals surface area (Å²) < 4.78 is 6.02. The summed E-state index contributed by atoms with van der Waals surface area (Å²) in [6.07, 6.45) is 1.22. The normalized spacial score (nSPS) is 22.5. The number of likely N-dealkylation sites (tertiary alicyclic amines) is 1. The average Bonchev–Trinajstić information content (AvgIpc) is 2.51. The molecular weight excluding hydrogens is 296 g/mol. The van der Waals surface area contributed by atoms with Crippen molar-refractivity contribution in [3.05, 3.63) is 59.2 Å². The number of benzene rings is 1. The van der Waals surface area contributed by atoms with E-state index in [9.17, 15) is 0 Å². The minimum Gasteiger partial charge on any atom is -0.474 e. The monoisotopic (exact) mass is 316 g/mol. The van der Waals surface area contributed by atoms with Crippen molar-refractivity contribution in [2.24, 2.45) is 5.92 Å². The van der Waals surface area contributed by atoms with E-state index >= 15 is 0 Å². The van der Waals surface area contributed by atoms with E-state index in [2.05, 4.69) is 47.1 Å². The van der Waals surface area contributed by atoms with Gasteiger partial charge < -0.3 is 4.74 Å². The molecule has 1 fully saturated rings. The number of pyridine rings is 1. The molecule has 1 aliphatic heterocycles. The fourth-order valence-corrected chi connectivity index (χ4v) is 3.14. The number of halogens is 1. The molecular formula is C18H21ClN2O. The highest BCUT2D eigenvalue weighted by molar-refractivity contribution is 6.29. The first-order chi connectivity index (χ1) is 10.7. The zero-order valence-electron chi connectivity index (χ0n) is 12.8. The summed E-state index contributed by atoms with van der Waals surface area (Å²) in [5, 5.41) is 0.478. The Morgan fingerprint density at radius 3 is 2.73 bits per heavy atom. The maximum absolute atomic E-state index is 6.02. The van der Waals surface area contributed by atoms with Gasteiger partial charge in [0.15, 0.2) is 0 Å². The summed E-state index contributed by atoms with van der Waals surface area (Å²) in [7, 11) is 0. The highest BCUT2D eigenvalue weighted by atomic mass is 35.5. The van der Waals surface area contributed by atoms with E-state index in [1.165, 1.54) is 5.56 Å². The Bertz CT molecular complexity index is 605. The summed E-state index contributed by atoms with van der Waals surface area (Å²) in [6, 6.07) is 16.1. The lowest BCUT2D eigenvalue weighted by Crippen LogP contribution is -2.44. The van der Waals surface area contributed by atoms with Gasteiger partial charge in [-0.2, -0.15) is 0 Å². The van der Waals surface area contributed by atoms with Gasteiger partial charge >= 0.3 is 0 Å². The largest absolute Gasteiger partial charge is 0.474 e. The third kappa shape index (κ3) is 3.99. The summed E-state index contributed by atoms with van der Waals surface area (Å²) in [5.74, 6) is 1.10. The molecule has 3 rings (SSSR count). The second-order valence-electron chi connectivity index (χ2n) is 5.94. The van der Waals surface area contributed by atoms with E-state index in [1.54, 1.807) is 6.07 Å². The predicted molar refractivity (Wildman–Crippen MR) is 89.2 cm³/mol. The molecule has 4 heteroatoms. The van der Waals surface area contributed by atoms with Crippen molar-refractivity contribution in [1.29, 1.82) is 0 Å². The number of hydrogen-bond donors (Lipinski definition) is 0. The highest BCUT2D eigenvalue weighted by Gasteiger charge is 2.27. The van der Waals surface area contributed by atoms with E-state index in [1.807, 2.05) is 12.1 Å². The summed E-state index contributed by atoms with van der Waals surface area (Å²) >= 11 is 5.91. The van der Waals surface area contributed by atoms with Crippen LogP contribution in [0.2, 0.25) is 5.15 Å². The molecule has 1 aliphatic rings. The van der Waals surface area contributed by atoms with Crippen molar-refractivity contribution in [1.82, 2.24) is 9.88 Å². The van der Waals surface area contributed by atoms with Crippen LogP contribution in [0.1, 0.15) is 18.9 Å². The molecule has 22 heavy (non-hydrogen) atoms. The Morgan fingerprint density at radius 1 is 1.18 bits per heavy atom. The van der Waals surface area contributed by atoms with Crippen LogP contribution in [0, 0.1) is 5.92 Å². The fourth-order valence-electron chi connectivity index (χ4n) is 2.98. The highest BCUT2D eigenvalue weighted by Crippen LogP contribution is 2.23. The molecule has 116 valence electrons. The van der Waals surface area contributed by atoms with Gasteiger partial charge in [-0.3, -0.25) is 4.90 Å². The third-order valence-electron chi connectivity index (χ3n) is 4.12. The van der Waals surface area contributed by atoms with Crippen LogP contribution in [-0.4, -0.2) is 29.1 Å². The smallest absolute Gasteiger partial charge is 0.214 e. The maximum atomic E-state index is 6.02. The maximum Gasteiger partial charge on any atom is 0.214 e. The number of ether oxygens (including phenoxy) is 1. The third-order valence-corrected chi connectivity index (χ3v) is 4.33. The SMILES string of the molecule is C[C@H]1CN(Cc2ccccc2)CC[C@@H]1Oc1cccc(Cl)n1. The van der Waals surface area contributed by atoms with E-state index in [4.69, 9.17) is 16.3 Å². The number of rotatable bonds is 4. The summed E-state index contributed by atoms with van der Waals surface area (Å²) in [4.78, 5) is 6.71. The summed E-state index contributed by atoms with van der Waals surface area (Å²) in [6.45, 7) is 5.34. The van der Waals surface area contributed by atoms with Gasteiger partial charge in [0, 0.05) is 31.6 Å². The van der Waals surface area contributed by atoms with Crippen LogP contribution in [0.3, 0.4) is 0 Å². The second-order valence-corrected chi connectivity index (χ2v) is 6.33. The first-order valence-electron chi connectivity index (χ1n) is 7.76. The van der Waals surface area contributed by atoms with Crippen LogP contribution >= 0.6 is 11.6 Å². The molecule has 2 atom stereocenters. The zero-order valence-corrected chi connectivity index (χ0v) is 13.5. The van der Waals surface area contributed by atoms with Crippen molar-refractivity contribution < 1.29 is 4.74 Å². The number of piperidine rings is 1. The Morgan fingerprint density at radius 2 is 2.00 bits per heavy atom. The van der Waals surface area contributed by atoms with E-state index in [-0.39, 0.29) is 6.10 Å². The van der Waals surface area contributed by atoms with Gasteiger partial charge in [0.1, 0.15) is 11.3 Å². The lowest BCUT2D eigenvalue weighted by atomic mass is 9.96. The molecule has 0 saturated carbocycles. The number of hydrogen-bond acceptors (Lipinski definition) is 3. The second kappa shape index (κ2) is 7.12. The van der Waals surface area contributed by atoms with E-state index in [0.717, 1.165) is 26.1 Å². The standard InChI is InChI=1S/C18H21ClN2O/c1-14-12-21(13-15-6-3-2-4-7-15)11-10-16(14)22-18-9-5-8-17(19)20-18/h2-9,14,16H,10-13H2,1H3/t14-,16-/m0/s1. The molecule has 2 aromatic rings. The van der Waals surface area contributed by atoms with Crippen LogP contribution in [0.5, 0.6) is 5.88 Å². The van der Waals surface area contributed by atoms with Crippen LogP contribution in [0.25, 0.3) is 0 Å². The Hall–Kier alpha value is -1.58. The molecule has 3 nitrogen and oxygen atoms in total. The van der Waals surface area contributed by atoms with Gasteiger partial charge in [-0.15, -0.1) is 0 Å². The zero-order chi connectivity index (χ0) is 15.4. The number of nitrogens with zero attached hydrogens (tertiary/aromatic N) is 2. The van der Waals surface area contributed by atoms with Gasteiger partial charge in [0.05, 0.1) is 0 Å². The topological polar surface area (TPSA) is 25.4 Å². The van der Waals surface area contributed by atoms with Crippen molar-refractivity contribution in [3.63, 3.8) is 0 Å². The van der Waals surface area contributed by atoms with Gasteiger partial charge in [-0.1, -0.05) is 54.9 Å². The lowest BCUT2D eigenvalue weighted by molar-refractivity contribution is 0.0461. The van der Waals surface area contributed by atoms with E-state index < -0.39 is 0 Å². The van der Waals surface area contributed by atoms with Crippen molar-refractivity contribution in [3.8, 4) is 5.88 Å². The molecule has 0 N–H and O–H groups in total. The molecule has 0 bridgehead atoms. The van der Waals surface area contributed by atoms with Crippen LogP contribution in [0.4, 0.5) is 0 Å². The lowest BCUT2D eigenvalue weighted by Gasteiger charge is -2.36. The predicted octanol–water partition coefficient (Wildman–Crippen LogP) is 4.02. The average molecular weight is 317 g/mol. The van der Waals surface area contributed by atoms with Gasteiger partial charge in [0.2, 0.25) is 5.88 Å². The van der Waals surface area contributed by atoms with Crippen LogP contribution in [-0.2, 0) is 6.54 Å².